The molecule has 0 bridgehead atoms. The van der Waals surface area contributed by atoms with Gasteiger partial charge in [0.05, 0.1) is 13.0 Å². The molecule has 0 saturated heterocycles. The summed E-state index contributed by atoms with van der Waals surface area (Å²) in [5.41, 5.74) is 0.748. The Morgan fingerprint density at radius 2 is 1.86 bits per heavy atom. The molecule has 0 aromatic heterocycles. The van der Waals surface area contributed by atoms with E-state index in [1.807, 2.05) is 30.3 Å². The Morgan fingerprint density at radius 1 is 1.18 bits per heavy atom. The summed E-state index contributed by atoms with van der Waals surface area (Å²) in [5.74, 6) is 0.221. The topological polar surface area (TPSA) is 58.6 Å². The number of hydrogen-bond donors (Lipinski definition) is 1. The minimum Gasteiger partial charge on any atom is -0.466 e. The first-order valence-corrected chi connectivity index (χ1v) is 7.79. The van der Waals surface area contributed by atoms with Crippen LogP contribution in [0.4, 0.5) is 10.5 Å². The molecule has 0 fully saturated rings. The van der Waals surface area contributed by atoms with Crippen LogP contribution in [0.5, 0.6) is 0 Å². The number of ether oxygens (including phenoxy) is 1. The molecule has 0 aliphatic carbocycles. The summed E-state index contributed by atoms with van der Waals surface area (Å²) in [6.45, 7) is 7.34. The van der Waals surface area contributed by atoms with Gasteiger partial charge in [0.15, 0.2) is 0 Å². The molecule has 0 heterocycles. The number of nitrogens with one attached hydrogen (secondary N) is 1. The first-order chi connectivity index (χ1) is 10.5. The second-order valence-corrected chi connectivity index (χ2v) is 5.52. The Hall–Kier alpha value is -2.04. The Balaban J connectivity index is 2.59. The van der Waals surface area contributed by atoms with Crippen LogP contribution in [0, 0.1) is 5.92 Å². The van der Waals surface area contributed by atoms with Crippen LogP contribution in [0.1, 0.15) is 33.6 Å². The zero-order chi connectivity index (χ0) is 16.4. The minimum atomic E-state index is -0.274. The third-order valence-corrected chi connectivity index (χ3v) is 3.18. The lowest BCUT2D eigenvalue weighted by Crippen LogP contribution is -2.37. The molecule has 0 spiro atoms. The van der Waals surface area contributed by atoms with E-state index in [1.54, 1.807) is 11.8 Å². The lowest BCUT2D eigenvalue weighted by atomic mass is 10.1. The molecule has 1 rings (SSSR count). The fourth-order valence-electron chi connectivity index (χ4n) is 1.91. The van der Waals surface area contributed by atoms with Crippen LogP contribution in [0.15, 0.2) is 30.3 Å². The van der Waals surface area contributed by atoms with Gasteiger partial charge in [0.2, 0.25) is 0 Å². The standard InChI is InChI=1S/C17H26N2O3/c1-4-22-16(20)11-13-19(12-10-14(2)3)17(21)18-15-8-6-5-7-9-15/h5-9,14H,4,10-13H2,1-3H3,(H,18,21). The minimum absolute atomic E-state index is 0.184. The Morgan fingerprint density at radius 3 is 2.45 bits per heavy atom. The number of hydrogen-bond acceptors (Lipinski definition) is 3. The summed E-state index contributed by atoms with van der Waals surface area (Å²) >= 11 is 0. The second-order valence-electron chi connectivity index (χ2n) is 5.52. The number of rotatable bonds is 8. The number of anilines is 1. The highest BCUT2D eigenvalue weighted by atomic mass is 16.5. The van der Waals surface area contributed by atoms with E-state index >= 15 is 0 Å². The van der Waals surface area contributed by atoms with Crippen LogP contribution in [-0.2, 0) is 9.53 Å². The van der Waals surface area contributed by atoms with E-state index in [0.717, 1.165) is 12.1 Å². The summed E-state index contributed by atoms with van der Waals surface area (Å²) < 4.78 is 4.92. The Bertz CT molecular complexity index is 460. The van der Waals surface area contributed by atoms with Gasteiger partial charge < -0.3 is 15.0 Å². The number of carbonyl (C=O) groups is 2. The number of nitrogens with zero attached hydrogens (tertiary/aromatic N) is 1. The van der Waals surface area contributed by atoms with Gasteiger partial charge in [0, 0.05) is 18.8 Å². The lowest BCUT2D eigenvalue weighted by molar-refractivity contribution is -0.143. The van der Waals surface area contributed by atoms with E-state index in [1.165, 1.54) is 0 Å². The molecule has 2 amide bonds. The molecule has 0 atom stereocenters. The van der Waals surface area contributed by atoms with E-state index in [-0.39, 0.29) is 18.4 Å². The number of para-hydroxylation sites is 1. The highest BCUT2D eigenvalue weighted by molar-refractivity contribution is 5.89. The Kier molecular flexibility index (Phi) is 8.04. The monoisotopic (exact) mass is 306 g/mol. The summed E-state index contributed by atoms with van der Waals surface area (Å²) in [6.07, 6.45) is 1.11. The van der Waals surface area contributed by atoms with Crippen molar-refractivity contribution in [2.75, 3.05) is 25.0 Å². The molecule has 0 aliphatic rings. The number of amides is 2. The van der Waals surface area contributed by atoms with E-state index in [0.29, 0.717) is 25.6 Å². The molecule has 1 aromatic rings. The van der Waals surface area contributed by atoms with E-state index in [4.69, 9.17) is 4.74 Å². The van der Waals surface area contributed by atoms with Crippen molar-refractivity contribution in [1.29, 1.82) is 0 Å². The van der Waals surface area contributed by atoms with Gasteiger partial charge >= 0.3 is 12.0 Å². The third-order valence-electron chi connectivity index (χ3n) is 3.18. The fourth-order valence-corrected chi connectivity index (χ4v) is 1.91. The highest BCUT2D eigenvalue weighted by Crippen LogP contribution is 2.09. The zero-order valence-electron chi connectivity index (χ0n) is 13.7. The average molecular weight is 306 g/mol. The van der Waals surface area contributed by atoms with Gasteiger partial charge in [0.25, 0.3) is 0 Å². The van der Waals surface area contributed by atoms with Crippen molar-refractivity contribution >= 4 is 17.7 Å². The molecular weight excluding hydrogens is 280 g/mol. The quantitative estimate of drug-likeness (QED) is 0.748. The molecular formula is C17H26N2O3. The van der Waals surface area contributed by atoms with Crippen LogP contribution in [0.25, 0.3) is 0 Å². The fraction of sp³-hybridized carbons (Fsp3) is 0.529. The van der Waals surface area contributed by atoms with Gasteiger partial charge in [-0.15, -0.1) is 0 Å². The molecule has 5 nitrogen and oxygen atoms in total. The lowest BCUT2D eigenvalue weighted by Gasteiger charge is -2.23. The van der Waals surface area contributed by atoms with Gasteiger partial charge in [0.1, 0.15) is 0 Å². The molecule has 1 aromatic carbocycles. The van der Waals surface area contributed by atoms with Crippen molar-refractivity contribution in [2.45, 2.75) is 33.6 Å². The molecule has 22 heavy (non-hydrogen) atoms. The second kappa shape index (κ2) is 9.82. The van der Waals surface area contributed by atoms with Gasteiger partial charge in [-0.2, -0.15) is 0 Å². The molecule has 5 heteroatoms. The highest BCUT2D eigenvalue weighted by Gasteiger charge is 2.16. The summed E-state index contributed by atoms with van der Waals surface area (Å²) in [7, 11) is 0. The molecule has 0 saturated carbocycles. The maximum Gasteiger partial charge on any atom is 0.321 e. The molecule has 122 valence electrons. The maximum atomic E-state index is 12.4. The van der Waals surface area contributed by atoms with Crippen LogP contribution in [-0.4, -0.2) is 36.6 Å². The molecule has 1 N–H and O–H groups in total. The SMILES string of the molecule is CCOC(=O)CCN(CCC(C)C)C(=O)Nc1ccccc1. The predicted octanol–water partition coefficient (Wildman–Crippen LogP) is 3.52. The van der Waals surface area contributed by atoms with E-state index in [9.17, 15) is 9.59 Å². The van der Waals surface area contributed by atoms with Crippen LogP contribution in [0.3, 0.4) is 0 Å². The molecule has 0 unspecified atom stereocenters. The average Bonchev–Trinajstić information content (AvgIpc) is 2.48. The number of urea groups is 1. The van der Waals surface area contributed by atoms with Crippen molar-refractivity contribution in [3.63, 3.8) is 0 Å². The summed E-state index contributed by atoms with van der Waals surface area (Å²) in [5, 5.41) is 2.86. The smallest absolute Gasteiger partial charge is 0.321 e. The zero-order valence-corrected chi connectivity index (χ0v) is 13.7. The number of carbonyl (C=O) groups excluding carboxylic acids is 2. The normalized spacial score (nSPS) is 10.4. The van der Waals surface area contributed by atoms with Crippen molar-refractivity contribution in [2.24, 2.45) is 5.92 Å². The maximum absolute atomic E-state index is 12.4. The van der Waals surface area contributed by atoms with Crippen LogP contribution >= 0.6 is 0 Å². The third kappa shape index (κ3) is 7.11. The number of esters is 1. The molecule has 0 aliphatic heterocycles. The van der Waals surface area contributed by atoms with Crippen molar-refractivity contribution in [1.82, 2.24) is 4.90 Å². The first kappa shape index (κ1) is 18.0. The van der Waals surface area contributed by atoms with Crippen molar-refractivity contribution in [3.8, 4) is 0 Å². The van der Waals surface area contributed by atoms with Crippen LogP contribution < -0.4 is 5.32 Å². The van der Waals surface area contributed by atoms with E-state index < -0.39 is 0 Å². The van der Waals surface area contributed by atoms with Gasteiger partial charge in [-0.3, -0.25) is 4.79 Å². The summed E-state index contributed by atoms with van der Waals surface area (Å²) in [4.78, 5) is 25.5. The predicted molar refractivity (Wildman–Crippen MR) is 87.7 cm³/mol. The van der Waals surface area contributed by atoms with E-state index in [2.05, 4.69) is 19.2 Å². The van der Waals surface area contributed by atoms with Crippen molar-refractivity contribution in [3.05, 3.63) is 30.3 Å². The molecule has 0 radical (unpaired) electrons. The van der Waals surface area contributed by atoms with Gasteiger partial charge in [-0.25, -0.2) is 4.79 Å². The van der Waals surface area contributed by atoms with Crippen LogP contribution in [0.2, 0.25) is 0 Å². The summed E-state index contributed by atoms with van der Waals surface area (Å²) in [6, 6.07) is 9.12. The first-order valence-electron chi connectivity index (χ1n) is 7.79. The van der Waals surface area contributed by atoms with Gasteiger partial charge in [-0.05, 0) is 31.4 Å². The van der Waals surface area contributed by atoms with Gasteiger partial charge in [-0.1, -0.05) is 32.0 Å². The Labute approximate surface area is 132 Å². The number of benzene rings is 1. The largest absolute Gasteiger partial charge is 0.466 e. The van der Waals surface area contributed by atoms with Crippen molar-refractivity contribution < 1.29 is 14.3 Å².